The van der Waals surface area contributed by atoms with Crippen LogP contribution in [0.1, 0.15) is 47.5 Å². The third-order valence-corrected chi connectivity index (χ3v) is 8.38. The molecule has 1 saturated heterocycles. The van der Waals surface area contributed by atoms with E-state index < -0.39 is 10.0 Å². The van der Waals surface area contributed by atoms with Crippen molar-refractivity contribution in [3.8, 4) is 10.7 Å². The standard InChI is InChI=1S/C20H28N4O4S2/c1-14-18(20(25)24-8-10-28-11-9-24)29-19(21-14)17-12-16(13-23(17)2)30(26,27)22-15-6-4-3-5-7-15/h12-13,15,22H,3-11H2,1-2H3. The quantitative estimate of drug-likeness (QED) is 0.753. The van der Waals surface area contributed by atoms with Gasteiger partial charge in [0.1, 0.15) is 14.8 Å². The number of carbonyl (C=O) groups is 1. The number of thiazole rings is 1. The minimum atomic E-state index is -3.59. The summed E-state index contributed by atoms with van der Waals surface area (Å²) in [6, 6.07) is 1.65. The van der Waals surface area contributed by atoms with Crippen molar-refractivity contribution in [2.45, 2.75) is 50.0 Å². The van der Waals surface area contributed by atoms with Gasteiger partial charge in [-0.1, -0.05) is 19.3 Å². The molecule has 30 heavy (non-hydrogen) atoms. The molecule has 0 unspecified atom stereocenters. The van der Waals surface area contributed by atoms with Crippen LogP contribution in [0.2, 0.25) is 0 Å². The van der Waals surface area contributed by atoms with Gasteiger partial charge in [-0.05, 0) is 25.8 Å². The van der Waals surface area contributed by atoms with E-state index in [0.29, 0.717) is 47.6 Å². The first kappa shape index (κ1) is 21.5. The highest BCUT2D eigenvalue weighted by Gasteiger charge is 2.27. The van der Waals surface area contributed by atoms with Gasteiger partial charge in [-0.2, -0.15) is 0 Å². The van der Waals surface area contributed by atoms with Crippen LogP contribution in [0.4, 0.5) is 0 Å². The molecule has 0 atom stereocenters. The molecule has 0 spiro atoms. The molecule has 8 nitrogen and oxygen atoms in total. The van der Waals surface area contributed by atoms with E-state index >= 15 is 0 Å². The summed E-state index contributed by atoms with van der Waals surface area (Å²) in [4.78, 5) is 20.0. The number of hydrogen-bond donors (Lipinski definition) is 1. The number of rotatable bonds is 5. The van der Waals surface area contributed by atoms with Gasteiger partial charge in [0.05, 0.1) is 24.6 Å². The second-order valence-electron chi connectivity index (χ2n) is 7.97. The van der Waals surface area contributed by atoms with Crippen LogP contribution in [-0.2, 0) is 21.8 Å². The Bertz CT molecular complexity index is 1020. The van der Waals surface area contributed by atoms with E-state index in [2.05, 4.69) is 9.71 Å². The molecule has 1 aliphatic heterocycles. The largest absolute Gasteiger partial charge is 0.378 e. The Morgan fingerprint density at radius 1 is 1.23 bits per heavy atom. The molecule has 2 aliphatic rings. The predicted octanol–water partition coefficient (Wildman–Crippen LogP) is 2.54. The van der Waals surface area contributed by atoms with E-state index in [9.17, 15) is 13.2 Å². The Hall–Kier alpha value is -1.75. The van der Waals surface area contributed by atoms with Gasteiger partial charge in [0.15, 0.2) is 0 Å². The van der Waals surface area contributed by atoms with Gasteiger partial charge in [0.2, 0.25) is 10.0 Å². The molecule has 0 aromatic carbocycles. The molecule has 1 amide bonds. The minimum absolute atomic E-state index is 0.00672. The van der Waals surface area contributed by atoms with Gasteiger partial charge in [-0.15, -0.1) is 11.3 Å². The van der Waals surface area contributed by atoms with E-state index in [1.54, 1.807) is 28.8 Å². The highest BCUT2D eigenvalue weighted by molar-refractivity contribution is 7.89. The summed E-state index contributed by atoms with van der Waals surface area (Å²) in [6.45, 7) is 4.06. The fourth-order valence-electron chi connectivity index (χ4n) is 4.02. The summed E-state index contributed by atoms with van der Waals surface area (Å²) < 4.78 is 35.7. The number of sulfonamides is 1. The first-order valence-corrected chi connectivity index (χ1v) is 12.7. The molecular weight excluding hydrogens is 424 g/mol. The molecule has 1 aliphatic carbocycles. The van der Waals surface area contributed by atoms with Gasteiger partial charge >= 0.3 is 0 Å². The van der Waals surface area contributed by atoms with Gasteiger partial charge in [0, 0.05) is 32.4 Å². The van der Waals surface area contributed by atoms with Crippen LogP contribution in [-0.4, -0.2) is 61.1 Å². The summed E-state index contributed by atoms with van der Waals surface area (Å²) in [5.41, 5.74) is 1.35. The topological polar surface area (TPSA) is 93.5 Å². The van der Waals surface area contributed by atoms with Crippen molar-refractivity contribution in [1.29, 1.82) is 0 Å². The van der Waals surface area contributed by atoms with Gasteiger partial charge < -0.3 is 14.2 Å². The Labute approximate surface area is 181 Å². The van der Waals surface area contributed by atoms with Gasteiger partial charge in [-0.3, -0.25) is 4.79 Å². The molecule has 2 aromatic heterocycles. The average molecular weight is 453 g/mol. The van der Waals surface area contributed by atoms with E-state index in [-0.39, 0.29) is 16.8 Å². The van der Waals surface area contributed by atoms with Crippen molar-refractivity contribution >= 4 is 27.3 Å². The van der Waals surface area contributed by atoms with Crippen LogP contribution in [0.15, 0.2) is 17.2 Å². The second kappa shape index (κ2) is 8.78. The molecule has 4 rings (SSSR count). The second-order valence-corrected chi connectivity index (χ2v) is 10.7. The fraction of sp³-hybridized carbons (Fsp3) is 0.600. The number of amides is 1. The number of morpholine rings is 1. The third kappa shape index (κ3) is 4.46. The SMILES string of the molecule is Cc1nc(-c2cc(S(=O)(=O)NC3CCCCC3)cn2C)sc1C(=O)N1CCOCC1. The van der Waals surface area contributed by atoms with Gasteiger partial charge in [-0.25, -0.2) is 18.1 Å². The number of ether oxygens (including phenoxy) is 1. The average Bonchev–Trinajstić information content (AvgIpc) is 3.31. The van der Waals surface area contributed by atoms with E-state index in [1.807, 2.05) is 6.92 Å². The van der Waals surface area contributed by atoms with Crippen molar-refractivity contribution in [2.24, 2.45) is 7.05 Å². The van der Waals surface area contributed by atoms with Crippen LogP contribution in [0.25, 0.3) is 10.7 Å². The number of hydrogen-bond acceptors (Lipinski definition) is 6. The number of aryl methyl sites for hydroxylation is 2. The third-order valence-electron chi connectivity index (χ3n) is 5.73. The number of nitrogens with zero attached hydrogens (tertiary/aromatic N) is 3. The fourth-order valence-corrected chi connectivity index (χ4v) is 6.48. The van der Waals surface area contributed by atoms with Crippen molar-refractivity contribution in [3.63, 3.8) is 0 Å². The molecule has 3 heterocycles. The van der Waals surface area contributed by atoms with E-state index in [0.717, 1.165) is 25.7 Å². The molecular formula is C20H28N4O4S2. The summed E-state index contributed by atoms with van der Waals surface area (Å²) in [5, 5.41) is 0.644. The maximum absolute atomic E-state index is 12.9. The summed E-state index contributed by atoms with van der Waals surface area (Å²) in [6.07, 6.45) is 6.68. The Morgan fingerprint density at radius 3 is 2.63 bits per heavy atom. The van der Waals surface area contributed by atoms with Crippen LogP contribution in [0.3, 0.4) is 0 Å². The van der Waals surface area contributed by atoms with Gasteiger partial charge in [0.25, 0.3) is 5.91 Å². The molecule has 2 fully saturated rings. The maximum atomic E-state index is 12.9. The zero-order chi connectivity index (χ0) is 21.3. The number of carbonyl (C=O) groups excluding carboxylic acids is 1. The molecule has 0 radical (unpaired) electrons. The van der Waals surface area contributed by atoms with Crippen LogP contribution in [0.5, 0.6) is 0 Å². The molecule has 1 N–H and O–H groups in total. The number of aromatic nitrogens is 2. The van der Waals surface area contributed by atoms with Crippen molar-refractivity contribution < 1.29 is 17.9 Å². The van der Waals surface area contributed by atoms with Crippen LogP contribution in [0, 0.1) is 6.92 Å². The first-order valence-electron chi connectivity index (χ1n) is 10.4. The number of nitrogens with one attached hydrogen (secondary N) is 1. The summed E-state index contributed by atoms with van der Waals surface area (Å²) in [5.74, 6) is -0.0411. The Kier molecular flexibility index (Phi) is 6.29. The zero-order valence-corrected chi connectivity index (χ0v) is 19.0. The maximum Gasteiger partial charge on any atom is 0.266 e. The van der Waals surface area contributed by atoms with Crippen LogP contribution >= 0.6 is 11.3 Å². The van der Waals surface area contributed by atoms with Crippen molar-refractivity contribution in [3.05, 3.63) is 22.8 Å². The first-order chi connectivity index (χ1) is 14.3. The Balaban J connectivity index is 1.56. The van der Waals surface area contributed by atoms with Crippen molar-refractivity contribution in [1.82, 2.24) is 19.2 Å². The zero-order valence-electron chi connectivity index (χ0n) is 17.4. The van der Waals surface area contributed by atoms with E-state index in [1.165, 1.54) is 17.8 Å². The van der Waals surface area contributed by atoms with Crippen molar-refractivity contribution in [2.75, 3.05) is 26.3 Å². The lowest BCUT2D eigenvalue weighted by Crippen LogP contribution is -2.40. The van der Waals surface area contributed by atoms with E-state index in [4.69, 9.17) is 4.74 Å². The predicted molar refractivity (Wildman–Crippen MR) is 115 cm³/mol. The summed E-state index contributed by atoms with van der Waals surface area (Å²) in [7, 11) is -1.79. The monoisotopic (exact) mass is 452 g/mol. The van der Waals surface area contributed by atoms with Crippen LogP contribution < -0.4 is 4.72 Å². The lowest BCUT2D eigenvalue weighted by Gasteiger charge is -2.26. The molecule has 164 valence electrons. The molecule has 1 saturated carbocycles. The lowest BCUT2D eigenvalue weighted by molar-refractivity contribution is 0.0305. The molecule has 10 heteroatoms. The molecule has 0 bridgehead atoms. The normalized spacial score (nSPS) is 18.7. The highest BCUT2D eigenvalue weighted by atomic mass is 32.2. The smallest absolute Gasteiger partial charge is 0.266 e. The summed E-state index contributed by atoms with van der Waals surface area (Å²) >= 11 is 1.31. The minimum Gasteiger partial charge on any atom is -0.378 e. The molecule has 2 aromatic rings. The highest BCUT2D eigenvalue weighted by Crippen LogP contribution is 2.31. The Morgan fingerprint density at radius 2 is 1.93 bits per heavy atom. The lowest BCUT2D eigenvalue weighted by atomic mass is 9.96.